The summed E-state index contributed by atoms with van der Waals surface area (Å²) < 4.78 is 4.77. The molecule has 3 aromatic carbocycles. The topological polar surface area (TPSA) is 46.6 Å². The lowest BCUT2D eigenvalue weighted by atomic mass is 10.1. The Labute approximate surface area is 164 Å². The zero-order chi connectivity index (χ0) is 19.8. The second-order valence-corrected chi connectivity index (χ2v) is 6.03. The third kappa shape index (κ3) is 4.87. The van der Waals surface area contributed by atoms with Gasteiger partial charge in [0, 0.05) is 17.2 Å². The Bertz CT molecular complexity index is 1020. The molecule has 0 heterocycles. The molecule has 0 aliphatic carbocycles. The van der Waals surface area contributed by atoms with E-state index in [4.69, 9.17) is 4.74 Å². The van der Waals surface area contributed by atoms with Gasteiger partial charge < -0.3 is 4.74 Å². The summed E-state index contributed by atoms with van der Waals surface area (Å²) in [7, 11) is 1.34. The SMILES string of the molecule is COC(=O)c1cccc(CN(C(=O)C#Cc2ccccc2)c2ccccc2)c1. The lowest BCUT2D eigenvalue weighted by molar-refractivity contribution is -0.113. The van der Waals surface area contributed by atoms with Gasteiger partial charge in [-0.1, -0.05) is 54.5 Å². The van der Waals surface area contributed by atoms with Crippen LogP contribution in [0.2, 0.25) is 0 Å². The number of anilines is 1. The fourth-order valence-corrected chi connectivity index (χ4v) is 2.70. The molecule has 4 nitrogen and oxygen atoms in total. The Morgan fingerprint density at radius 1 is 0.893 bits per heavy atom. The number of benzene rings is 3. The fourth-order valence-electron chi connectivity index (χ4n) is 2.70. The standard InChI is InChI=1S/C24H19NO3/c1-28-24(27)21-12-8-11-20(17-21)18-25(22-13-6-3-7-14-22)23(26)16-15-19-9-4-2-5-10-19/h2-14,17H,18H2,1H3. The minimum atomic E-state index is -0.414. The number of nitrogens with zero attached hydrogens (tertiary/aromatic N) is 1. The van der Waals surface area contributed by atoms with Crippen LogP contribution in [0.15, 0.2) is 84.9 Å². The van der Waals surface area contributed by atoms with Gasteiger partial charge in [-0.25, -0.2) is 4.79 Å². The van der Waals surface area contributed by atoms with E-state index in [0.29, 0.717) is 5.56 Å². The number of carbonyl (C=O) groups excluding carboxylic acids is 2. The predicted molar refractivity (Wildman–Crippen MR) is 109 cm³/mol. The Morgan fingerprint density at radius 2 is 1.57 bits per heavy atom. The number of amides is 1. The van der Waals surface area contributed by atoms with Crippen molar-refractivity contribution < 1.29 is 14.3 Å². The first-order valence-corrected chi connectivity index (χ1v) is 8.78. The first-order chi connectivity index (χ1) is 13.7. The summed E-state index contributed by atoms with van der Waals surface area (Å²) >= 11 is 0. The van der Waals surface area contributed by atoms with Crippen LogP contribution in [0.4, 0.5) is 5.69 Å². The molecule has 0 aliphatic heterocycles. The highest BCUT2D eigenvalue weighted by Crippen LogP contribution is 2.18. The van der Waals surface area contributed by atoms with Gasteiger partial charge in [0.15, 0.2) is 0 Å². The molecule has 0 N–H and O–H groups in total. The number of carbonyl (C=O) groups is 2. The van der Waals surface area contributed by atoms with E-state index in [-0.39, 0.29) is 12.5 Å². The maximum absolute atomic E-state index is 12.9. The third-order valence-corrected chi connectivity index (χ3v) is 4.09. The first-order valence-electron chi connectivity index (χ1n) is 8.78. The van der Waals surface area contributed by atoms with Gasteiger partial charge in [0.25, 0.3) is 0 Å². The molecule has 138 valence electrons. The molecule has 0 radical (unpaired) electrons. The summed E-state index contributed by atoms with van der Waals surface area (Å²) in [6, 6.07) is 25.7. The maximum atomic E-state index is 12.9. The fraction of sp³-hybridized carbons (Fsp3) is 0.0833. The van der Waals surface area contributed by atoms with Crippen LogP contribution in [0.5, 0.6) is 0 Å². The zero-order valence-corrected chi connectivity index (χ0v) is 15.5. The molecular formula is C24H19NO3. The van der Waals surface area contributed by atoms with Crippen LogP contribution in [0.3, 0.4) is 0 Å². The van der Waals surface area contributed by atoms with Crippen LogP contribution in [-0.2, 0) is 16.1 Å². The van der Waals surface area contributed by atoms with Crippen molar-refractivity contribution in [1.82, 2.24) is 0 Å². The van der Waals surface area contributed by atoms with E-state index in [1.54, 1.807) is 23.1 Å². The van der Waals surface area contributed by atoms with E-state index in [0.717, 1.165) is 16.8 Å². The number of methoxy groups -OCH3 is 1. The van der Waals surface area contributed by atoms with Gasteiger partial charge in [-0.15, -0.1) is 0 Å². The number of para-hydroxylation sites is 1. The van der Waals surface area contributed by atoms with Crippen molar-refractivity contribution in [3.63, 3.8) is 0 Å². The number of rotatable bonds is 4. The van der Waals surface area contributed by atoms with Gasteiger partial charge in [-0.3, -0.25) is 9.69 Å². The van der Waals surface area contributed by atoms with E-state index < -0.39 is 5.97 Å². The summed E-state index contributed by atoms with van der Waals surface area (Å²) in [4.78, 5) is 26.2. The lowest BCUT2D eigenvalue weighted by Gasteiger charge is -2.20. The van der Waals surface area contributed by atoms with Crippen LogP contribution in [0.1, 0.15) is 21.5 Å². The molecule has 0 spiro atoms. The Kier molecular flexibility index (Phi) is 6.22. The molecule has 3 rings (SSSR count). The van der Waals surface area contributed by atoms with Gasteiger partial charge in [-0.2, -0.15) is 0 Å². The molecule has 0 bridgehead atoms. The van der Waals surface area contributed by atoms with Crippen molar-refractivity contribution >= 4 is 17.6 Å². The molecule has 0 aliphatic rings. The van der Waals surface area contributed by atoms with Crippen molar-refractivity contribution in [3.8, 4) is 11.8 Å². The van der Waals surface area contributed by atoms with Crippen LogP contribution < -0.4 is 4.90 Å². The van der Waals surface area contributed by atoms with Gasteiger partial charge >= 0.3 is 11.9 Å². The normalized spacial score (nSPS) is 9.75. The summed E-state index contributed by atoms with van der Waals surface area (Å²) in [5, 5.41) is 0. The maximum Gasteiger partial charge on any atom is 0.337 e. The third-order valence-electron chi connectivity index (χ3n) is 4.09. The molecule has 0 fully saturated rings. The van der Waals surface area contributed by atoms with E-state index in [2.05, 4.69) is 11.8 Å². The number of esters is 1. The van der Waals surface area contributed by atoms with Crippen LogP contribution in [0.25, 0.3) is 0 Å². The largest absolute Gasteiger partial charge is 0.465 e. The number of ether oxygens (including phenoxy) is 1. The summed E-state index contributed by atoms with van der Waals surface area (Å²) in [5.74, 6) is 4.88. The Morgan fingerprint density at radius 3 is 2.25 bits per heavy atom. The first kappa shape index (κ1) is 18.9. The van der Waals surface area contributed by atoms with Gasteiger partial charge in [-0.05, 0) is 42.0 Å². The summed E-state index contributed by atoms with van der Waals surface area (Å²) in [5.41, 5.74) is 2.76. The van der Waals surface area contributed by atoms with E-state index in [9.17, 15) is 9.59 Å². The molecule has 28 heavy (non-hydrogen) atoms. The smallest absolute Gasteiger partial charge is 0.337 e. The minimum Gasteiger partial charge on any atom is -0.465 e. The van der Waals surface area contributed by atoms with E-state index in [1.165, 1.54) is 7.11 Å². The summed E-state index contributed by atoms with van der Waals surface area (Å²) in [6.07, 6.45) is 0. The quantitative estimate of drug-likeness (QED) is 0.515. The molecule has 3 aromatic rings. The van der Waals surface area contributed by atoms with Crippen LogP contribution in [0, 0.1) is 11.8 Å². The molecule has 0 unspecified atom stereocenters. The Balaban J connectivity index is 1.89. The van der Waals surface area contributed by atoms with Gasteiger partial charge in [0.05, 0.1) is 19.2 Å². The highest BCUT2D eigenvalue weighted by molar-refractivity contribution is 6.06. The minimum absolute atomic E-state index is 0.289. The molecule has 0 atom stereocenters. The average molecular weight is 369 g/mol. The number of hydrogen-bond donors (Lipinski definition) is 0. The second-order valence-electron chi connectivity index (χ2n) is 6.03. The highest BCUT2D eigenvalue weighted by Gasteiger charge is 2.15. The second kappa shape index (κ2) is 9.20. The van der Waals surface area contributed by atoms with E-state index >= 15 is 0 Å². The van der Waals surface area contributed by atoms with Gasteiger partial charge in [0.1, 0.15) is 0 Å². The molecule has 0 aromatic heterocycles. The van der Waals surface area contributed by atoms with Crippen molar-refractivity contribution in [1.29, 1.82) is 0 Å². The van der Waals surface area contributed by atoms with E-state index in [1.807, 2.05) is 66.7 Å². The van der Waals surface area contributed by atoms with Crippen molar-refractivity contribution in [2.45, 2.75) is 6.54 Å². The van der Waals surface area contributed by atoms with Crippen molar-refractivity contribution in [3.05, 3.63) is 102 Å². The molecule has 4 heteroatoms. The zero-order valence-electron chi connectivity index (χ0n) is 15.5. The van der Waals surface area contributed by atoms with Gasteiger partial charge in [0.2, 0.25) is 0 Å². The number of hydrogen-bond acceptors (Lipinski definition) is 3. The summed E-state index contributed by atoms with van der Waals surface area (Å²) in [6.45, 7) is 0.289. The monoisotopic (exact) mass is 369 g/mol. The van der Waals surface area contributed by atoms with Crippen LogP contribution in [-0.4, -0.2) is 19.0 Å². The van der Waals surface area contributed by atoms with Crippen molar-refractivity contribution in [2.75, 3.05) is 12.0 Å². The molecular weight excluding hydrogens is 350 g/mol. The predicted octanol–water partition coefficient (Wildman–Crippen LogP) is 4.06. The average Bonchev–Trinajstić information content (AvgIpc) is 2.76. The Hall–Kier alpha value is -3.84. The lowest BCUT2D eigenvalue weighted by Crippen LogP contribution is -2.29. The van der Waals surface area contributed by atoms with Crippen LogP contribution >= 0.6 is 0 Å². The molecule has 1 amide bonds. The van der Waals surface area contributed by atoms with Crippen molar-refractivity contribution in [2.24, 2.45) is 0 Å². The molecule has 0 saturated carbocycles. The highest BCUT2D eigenvalue weighted by atomic mass is 16.5. The molecule has 0 saturated heterocycles.